The maximum Gasteiger partial charge on any atom is 0.251 e. The minimum absolute atomic E-state index is 0. The van der Waals surface area contributed by atoms with Crippen LogP contribution in [0.1, 0.15) is 23.7 Å². The number of amides is 1. The molecule has 2 rings (SSSR count). The van der Waals surface area contributed by atoms with E-state index in [0.29, 0.717) is 18.7 Å². The molecule has 0 atom stereocenters. The fourth-order valence-corrected chi connectivity index (χ4v) is 2.70. The third kappa shape index (κ3) is 9.92. The molecule has 1 aliphatic heterocycles. The number of hydrogen-bond donors (Lipinski definition) is 3. The van der Waals surface area contributed by atoms with E-state index in [-0.39, 0.29) is 29.9 Å². The Labute approximate surface area is 179 Å². The molecular weight excluding hydrogens is 457 g/mol. The van der Waals surface area contributed by atoms with Gasteiger partial charge in [0.25, 0.3) is 5.91 Å². The zero-order chi connectivity index (χ0) is 18.5. The van der Waals surface area contributed by atoms with E-state index in [9.17, 15) is 4.79 Å². The fraction of sp³-hybridized carbons (Fsp3) is 0.579. The Morgan fingerprint density at radius 2 is 1.81 bits per heavy atom. The number of guanidine groups is 1. The Kier molecular flexibility index (Phi) is 12.8. The molecule has 1 aliphatic rings. The van der Waals surface area contributed by atoms with Crippen LogP contribution in [0, 0.1) is 0 Å². The van der Waals surface area contributed by atoms with Crippen LogP contribution >= 0.6 is 24.0 Å². The summed E-state index contributed by atoms with van der Waals surface area (Å²) in [6, 6.07) is 9.24. The highest BCUT2D eigenvalue weighted by molar-refractivity contribution is 14.0. The van der Waals surface area contributed by atoms with Crippen molar-refractivity contribution in [2.45, 2.75) is 13.3 Å². The Hall–Kier alpha value is -1.39. The van der Waals surface area contributed by atoms with Crippen molar-refractivity contribution in [3.8, 4) is 0 Å². The second-order valence-electron chi connectivity index (χ2n) is 6.12. The second-order valence-corrected chi connectivity index (χ2v) is 6.12. The predicted octanol–water partition coefficient (Wildman–Crippen LogP) is 1.31. The Balaban J connectivity index is 0.00000364. The Morgan fingerprint density at radius 1 is 1.11 bits per heavy atom. The van der Waals surface area contributed by atoms with Crippen LogP contribution in [0.25, 0.3) is 0 Å². The summed E-state index contributed by atoms with van der Waals surface area (Å²) in [5, 5.41) is 9.39. The number of morpholine rings is 1. The van der Waals surface area contributed by atoms with E-state index in [0.717, 1.165) is 58.3 Å². The molecule has 1 saturated heterocycles. The average molecular weight is 489 g/mol. The van der Waals surface area contributed by atoms with Gasteiger partial charge in [0, 0.05) is 51.4 Å². The van der Waals surface area contributed by atoms with Crippen LogP contribution in [-0.4, -0.2) is 75.8 Å². The van der Waals surface area contributed by atoms with Crippen molar-refractivity contribution in [1.29, 1.82) is 0 Å². The molecule has 1 aromatic carbocycles. The molecule has 152 valence electrons. The van der Waals surface area contributed by atoms with E-state index < -0.39 is 0 Å². The molecular formula is C19H32IN5O2. The predicted molar refractivity (Wildman–Crippen MR) is 120 cm³/mol. The van der Waals surface area contributed by atoms with Gasteiger partial charge in [-0.25, -0.2) is 0 Å². The summed E-state index contributed by atoms with van der Waals surface area (Å²) in [7, 11) is 0. The Morgan fingerprint density at radius 3 is 2.52 bits per heavy atom. The van der Waals surface area contributed by atoms with Crippen molar-refractivity contribution >= 4 is 35.8 Å². The van der Waals surface area contributed by atoms with Gasteiger partial charge >= 0.3 is 0 Å². The summed E-state index contributed by atoms with van der Waals surface area (Å²) in [6.45, 7) is 9.58. The number of carbonyl (C=O) groups is 1. The van der Waals surface area contributed by atoms with Gasteiger partial charge in [0.1, 0.15) is 0 Å². The van der Waals surface area contributed by atoms with E-state index in [1.807, 2.05) is 37.3 Å². The minimum atomic E-state index is -0.0557. The molecule has 0 aromatic heterocycles. The van der Waals surface area contributed by atoms with Crippen molar-refractivity contribution in [2.24, 2.45) is 4.99 Å². The lowest BCUT2D eigenvalue weighted by atomic mass is 10.2. The van der Waals surface area contributed by atoms with Gasteiger partial charge < -0.3 is 20.7 Å². The second kappa shape index (κ2) is 14.6. The highest BCUT2D eigenvalue weighted by atomic mass is 127. The van der Waals surface area contributed by atoms with Crippen LogP contribution in [0.4, 0.5) is 0 Å². The standard InChI is InChI=1S/C19H31N5O2.HI/c1-2-20-19(22-9-6-12-24-13-15-26-16-14-24)23-11-10-21-18(25)17-7-4-3-5-8-17;/h3-5,7-8H,2,6,9-16H2,1H3,(H,21,25)(H2,20,22,23);1H. The fourth-order valence-electron chi connectivity index (χ4n) is 2.70. The third-order valence-electron chi connectivity index (χ3n) is 4.09. The maximum absolute atomic E-state index is 12.0. The number of nitrogens with zero attached hydrogens (tertiary/aromatic N) is 2. The summed E-state index contributed by atoms with van der Waals surface area (Å²) in [5.74, 6) is 0.739. The van der Waals surface area contributed by atoms with E-state index in [4.69, 9.17) is 4.74 Å². The van der Waals surface area contributed by atoms with Gasteiger partial charge in [-0.2, -0.15) is 0 Å². The summed E-state index contributed by atoms with van der Waals surface area (Å²) in [4.78, 5) is 19.0. The van der Waals surface area contributed by atoms with Crippen molar-refractivity contribution in [3.63, 3.8) is 0 Å². The molecule has 0 bridgehead atoms. The largest absolute Gasteiger partial charge is 0.379 e. The number of aliphatic imine (C=N–C) groups is 1. The quantitative estimate of drug-likeness (QED) is 0.211. The van der Waals surface area contributed by atoms with Gasteiger partial charge in [0.05, 0.1) is 13.2 Å². The van der Waals surface area contributed by atoms with E-state index in [2.05, 4.69) is 25.8 Å². The van der Waals surface area contributed by atoms with Crippen LogP contribution < -0.4 is 16.0 Å². The summed E-state index contributed by atoms with van der Waals surface area (Å²) >= 11 is 0. The van der Waals surface area contributed by atoms with Gasteiger partial charge in [-0.3, -0.25) is 14.7 Å². The lowest BCUT2D eigenvalue weighted by Gasteiger charge is -2.26. The van der Waals surface area contributed by atoms with E-state index in [1.54, 1.807) is 0 Å². The van der Waals surface area contributed by atoms with Crippen molar-refractivity contribution in [2.75, 3.05) is 59.0 Å². The molecule has 0 radical (unpaired) electrons. The first-order chi connectivity index (χ1) is 12.8. The molecule has 1 aromatic rings. The van der Waals surface area contributed by atoms with E-state index >= 15 is 0 Å². The first-order valence-electron chi connectivity index (χ1n) is 9.45. The van der Waals surface area contributed by atoms with Gasteiger partial charge in [0.2, 0.25) is 0 Å². The highest BCUT2D eigenvalue weighted by Crippen LogP contribution is 1.98. The van der Waals surface area contributed by atoms with Gasteiger partial charge in [-0.15, -0.1) is 24.0 Å². The first kappa shape index (κ1) is 23.6. The molecule has 0 spiro atoms. The minimum Gasteiger partial charge on any atom is -0.379 e. The van der Waals surface area contributed by atoms with Crippen molar-refractivity contribution in [3.05, 3.63) is 35.9 Å². The third-order valence-corrected chi connectivity index (χ3v) is 4.09. The molecule has 0 aliphatic carbocycles. The molecule has 0 saturated carbocycles. The van der Waals surface area contributed by atoms with Gasteiger partial charge in [-0.1, -0.05) is 18.2 Å². The Bertz CT molecular complexity index is 550. The van der Waals surface area contributed by atoms with Crippen LogP contribution in [0.2, 0.25) is 0 Å². The SMILES string of the molecule is CCNC(=NCCCN1CCOCC1)NCCNC(=O)c1ccccc1.I. The molecule has 0 unspecified atom stereocenters. The number of ether oxygens (including phenoxy) is 1. The molecule has 1 heterocycles. The lowest BCUT2D eigenvalue weighted by Crippen LogP contribution is -2.41. The number of hydrogen-bond acceptors (Lipinski definition) is 4. The van der Waals surface area contributed by atoms with Crippen LogP contribution in [0.5, 0.6) is 0 Å². The van der Waals surface area contributed by atoms with Crippen molar-refractivity contribution in [1.82, 2.24) is 20.9 Å². The zero-order valence-electron chi connectivity index (χ0n) is 16.1. The number of carbonyl (C=O) groups excluding carboxylic acids is 1. The molecule has 3 N–H and O–H groups in total. The molecule has 7 nitrogen and oxygen atoms in total. The first-order valence-corrected chi connectivity index (χ1v) is 9.45. The van der Waals surface area contributed by atoms with Gasteiger partial charge in [-0.05, 0) is 25.5 Å². The summed E-state index contributed by atoms with van der Waals surface area (Å²) in [6.07, 6.45) is 1.03. The monoisotopic (exact) mass is 489 g/mol. The van der Waals surface area contributed by atoms with Crippen LogP contribution in [0.15, 0.2) is 35.3 Å². The summed E-state index contributed by atoms with van der Waals surface area (Å²) < 4.78 is 5.36. The molecule has 1 amide bonds. The zero-order valence-corrected chi connectivity index (χ0v) is 18.4. The molecule has 1 fully saturated rings. The van der Waals surface area contributed by atoms with Crippen LogP contribution in [0.3, 0.4) is 0 Å². The van der Waals surface area contributed by atoms with E-state index in [1.165, 1.54) is 0 Å². The highest BCUT2D eigenvalue weighted by Gasteiger charge is 2.09. The van der Waals surface area contributed by atoms with Gasteiger partial charge in [0.15, 0.2) is 5.96 Å². The van der Waals surface area contributed by atoms with Crippen molar-refractivity contribution < 1.29 is 9.53 Å². The van der Waals surface area contributed by atoms with Crippen LogP contribution in [-0.2, 0) is 4.74 Å². The lowest BCUT2D eigenvalue weighted by molar-refractivity contribution is 0.0377. The maximum atomic E-state index is 12.0. The topological polar surface area (TPSA) is 78.0 Å². The number of rotatable bonds is 9. The number of nitrogens with one attached hydrogen (secondary N) is 3. The summed E-state index contributed by atoms with van der Waals surface area (Å²) in [5.41, 5.74) is 0.677. The molecule has 8 heteroatoms. The number of halogens is 1. The molecule has 27 heavy (non-hydrogen) atoms. The smallest absolute Gasteiger partial charge is 0.251 e. The average Bonchev–Trinajstić information content (AvgIpc) is 2.69. The normalized spacial score (nSPS) is 14.9. The number of benzene rings is 1.